The van der Waals surface area contributed by atoms with Crippen LogP contribution in [0.4, 0.5) is 0 Å². The maximum absolute atomic E-state index is 12.3. The van der Waals surface area contributed by atoms with Crippen LogP contribution in [0.15, 0.2) is 18.3 Å². The van der Waals surface area contributed by atoms with Crippen LogP contribution in [0.3, 0.4) is 0 Å². The zero-order valence-corrected chi connectivity index (χ0v) is 10.4. The third-order valence-electron chi connectivity index (χ3n) is 3.54. The Bertz CT molecular complexity index is 402. The predicted octanol–water partition coefficient (Wildman–Crippen LogP) is 1.20. The van der Waals surface area contributed by atoms with Crippen LogP contribution < -0.4 is 5.73 Å². The second-order valence-electron chi connectivity index (χ2n) is 4.76. The van der Waals surface area contributed by atoms with Gasteiger partial charge in [0.1, 0.15) is 0 Å². The highest BCUT2D eigenvalue weighted by Gasteiger charge is 2.33. The minimum absolute atomic E-state index is 0.0531. The third kappa shape index (κ3) is 2.31. The Morgan fingerprint density at radius 2 is 2.35 bits per heavy atom. The first-order chi connectivity index (χ1) is 8.13. The van der Waals surface area contributed by atoms with Crippen molar-refractivity contribution < 1.29 is 4.79 Å². The van der Waals surface area contributed by atoms with Crippen LogP contribution >= 0.6 is 0 Å². The summed E-state index contributed by atoms with van der Waals surface area (Å²) in [6, 6.07) is 3.87. The van der Waals surface area contributed by atoms with Gasteiger partial charge in [0.05, 0.1) is 5.56 Å². The van der Waals surface area contributed by atoms with Gasteiger partial charge in [-0.3, -0.25) is 9.78 Å². The van der Waals surface area contributed by atoms with Crippen LogP contribution in [0, 0.1) is 12.8 Å². The number of nitrogens with two attached hydrogens (primary N) is 1. The Balaban J connectivity index is 2.17. The molecule has 0 saturated carbocycles. The molecule has 2 atom stereocenters. The number of hydrogen-bond acceptors (Lipinski definition) is 3. The Kier molecular flexibility index (Phi) is 3.43. The second-order valence-corrected chi connectivity index (χ2v) is 4.76. The molecule has 1 aromatic heterocycles. The van der Waals surface area contributed by atoms with Crippen LogP contribution in [-0.4, -0.2) is 34.9 Å². The summed E-state index contributed by atoms with van der Waals surface area (Å²) in [5, 5.41) is 0. The first kappa shape index (κ1) is 12.0. The topological polar surface area (TPSA) is 59.2 Å². The summed E-state index contributed by atoms with van der Waals surface area (Å²) in [5.74, 6) is 0.541. The first-order valence-electron chi connectivity index (χ1n) is 6.07. The number of likely N-dealkylation sites (tertiary alicyclic amines) is 1. The molecule has 0 aliphatic carbocycles. The van der Waals surface area contributed by atoms with Gasteiger partial charge in [0.2, 0.25) is 0 Å². The Labute approximate surface area is 102 Å². The van der Waals surface area contributed by atoms with Crippen molar-refractivity contribution in [3.05, 3.63) is 29.6 Å². The van der Waals surface area contributed by atoms with Crippen LogP contribution in [-0.2, 0) is 0 Å². The molecule has 0 aromatic carbocycles. The smallest absolute Gasteiger partial charge is 0.255 e. The summed E-state index contributed by atoms with van der Waals surface area (Å²) in [7, 11) is 0. The van der Waals surface area contributed by atoms with E-state index in [1.54, 1.807) is 6.20 Å². The summed E-state index contributed by atoms with van der Waals surface area (Å²) in [6.45, 7) is 5.40. The van der Waals surface area contributed by atoms with E-state index in [2.05, 4.69) is 11.9 Å². The van der Waals surface area contributed by atoms with E-state index in [4.69, 9.17) is 5.73 Å². The molecule has 0 bridgehead atoms. The Morgan fingerprint density at radius 1 is 1.59 bits per heavy atom. The van der Waals surface area contributed by atoms with Gasteiger partial charge in [-0.1, -0.05) is 6.92 Å². The molecule has 2 N–H and O–H groups in total. The fourth-order valence-corrected chi connectivity index (χ4v) is 2.38. The molecule has 2 heterocycles. The molecule has 17 heavy (non-hydrogen) atoms. The number of nitrogens with zero attached hydrogens (tertiary/aromatic N) is 2. The average Bonchev–Trinajstić information content (AvgIpc) is 2.70. The zero-order chi connectivity index (χ0) is 12.4. The molecule has 0 spiro atoms. The molecule has 1 aromatic rings. The van der Waals surface area contributed by atoms with Crippen molar-refractivity contribution in [2.24, 2.45) is 11.7 Å². The van der Waals surface area contributed by atoms with Crippen molar-refractivity contribution >= 4 is 5.91 Å². The molecular formula is C13H19N3O. The quantitative estimate of drug-likeness (QED) is 0.835. The van der Waals surface area contributed by atoms with Gasteiger partial charge in [-0.05, 0) is 31.4 Å². The van der Waals surface area contributed by atoms with Gasteiger partial charge in [0.25, 0.3) is 5.91 Å². The monoisotopic (exact) mass is 233 g/mol. The number of aromatic nitrogens is 1. The van der Waals surface area contributed by atoms with Crippen molar-refractivity contribution in [3.8, 4) is 0 Å². The van der Waals surface area contributed by atoms with Crippen LogP contribution in [0.2, 0.25) is 0 Å². The van der Waals surface area contributed by atoms with Crippen molar-refractivity contribution in [2.45, 2.75) is 26.3 Å². The Hall–Kier alpha value is -1.42. The lowest BCUT2D eigenvalue weighted by atomic mass is 10.0. The van der Waals surface area contributed by atoms with E-state index in [1.807, 2.05) is 24.0 Å². The lowest BCUT2D eigenvalue weighted by Crippen LogP contribution is -2.42. The van der Waals surface area contributed by atoms with E-state index in [9.17, 15) is 4.79 Å². The van der Waals surface area contributed by atoms with Gasteiger partial charge in [-0.2, -0.15) is 0 Å². The predicted molar refractivity (Wildman–Crippen MR) is 66.6 cm³/mol. The standard InChI is InChI=1S/C13H19N3O/c1-9-5-6-16(12(9)7-14)13(17)11-4-3-10(2)15-8-11/h3-4,8-9,12H,5-7,14H2,1-2H3. The van der Waals surface area contributed by atoms with E-state index in [1.165, 1.54) is 0 Å². The van der Waals surface area contributed by atoms with E-state index < -0.39 is 0 Å². The summed E-state index contributed by atoms with van der Waals surface area (Å²) in [6.07, 6.45) is 2.68. The van der Waals surface area contributed by atoms with Crippen molar-refractivity contribution in [1.29, 1.82) is 0 Å². The van der Waals surface area contributed by atoms with Gasteiger partial charge in [-0.25, -0.2) is 0 Å². The molecule has 1 saturated heterocycles. The second kappa shape index (κ2) is 4.84. The number of amides is 1. The number of rotatable bonds is 2. The van der Waals surface area contributed by atoms with Gasteiger partial charge in [0.15, 0.2) is 0 Å². The SMILES string of the molecule is Cc1ccc(C(=O)N2CCC(C)C2CN)cn1. The molecular weight excluding hydrogens is 214 g/mol. The molecule has 2 unspecified atom stereocenters. The average molecular weight is 233 g/mol. The fourth-order valence-electron chi connectivity index (χ4n) is 2.38. The number of hydrogen-bond donors (Lipinski definition) is 1. The first-order valence-corrected chi connectivity index (χ1v) is 6.07. The molecule has 1 aliphatic rings. The molecule has 1 amide bonds. The van der Waals surface area contributed by atoms with E-state index in [0.29, 0.717) is 18.0 Å². The highest BCUT2D eigenvalue weighted by atomic mass is 16.2. The molecule has 2 rings (SSSR count). The number of carbonyl (C=O) groups excluding carboxylic acids is 1. The largest absolute Gasteiger partial charge is 0.334 e. The summed E-state index contributed by atoms with van der Waals surface area (Å²) in [5.41, 5.74) is 7.32. The molecule has 0 radical (unpaired) electrons. The molecule has 1 aliphatic heterocycles. The number of pyridine rings is 1. The van der Waals surface area contributed by atoms with E-state index >= 15 is 0 Å². The normalized spacial score (nSPS) is 24.1. The Morgan fingerprint density at radius 3 is 2.94 bits per heavy atom. The maximum Gasteiger partial charge on any atom is 0.255 e. The minimum atomic E-state index is 0.0531. The number of aryl methyl sites for hydroxylation is 1. The van der Waals surface area contributed by atoms with Crippen molar-refractivity contribution in [2.75, 3.05) is 13.1 Å². The highest BCUT2D eigenvalue weighted by molar-refractivity contribution is 5.94. The van der Waals surface area contributed by atoms with Crippen LogP contribution in [0.1, 0.15) is 29.4 Å². The van der Waals surface area contributed by atoms with Gasteiger partial charge in [-0.15, -0.1) is 0 Å². The van der Waals surface area contributed by atoms with Crippen LogP contribution in [0.5, 0.6) is 0 Å². The lowest BCUT2D eigenvalue weighted by molar-refractivity contribution is 0.0727. The molecule has 1 fully saturated rings. The third-order valence-corrected chi connectivity index (χ3v) is 3.54. The molecule has 4 nitrogen and oxygen atoms in total. The number of carbonyl (C=O) groups is 1. The lowest BCUT2D eigenvalue weighted by Gasteiger charge is -2.25. The van der Waals surface area contributed by atoms with Gasteiger partial charge >= 0.3 is 0 Å². The highest BCUT2D eigenvalue weighted by Crippen LogP contribution is 2.24. The molecule has 92 valence electrons. The zero-order valence-electron chi connectivity index (χ0n) is 10.4. The van der Waals surface area contributed by atoms with Crippen molar-refractivity contribution in [3.63, 3.8) is 0 Å². The van der Waals surface area contributed by atoms with Gasteiger partial charge in [0, 0.05) is 31.0 Å². The van der Waals surface area contributed by atoms with Crippen LogP contribution in [0.25, 0.3) is 0 Å². The van der Waals surface area contributed by atoms with E-state index in [-0.39, 0.29) is 11.9 Å². The summed E-state index contributed by atoms with van der Waals surface area (Å²) < 4.78 is 0. The van der Waals surface area contributed by atoms with E-state index in [0.717, 1.165) is 18.7 Å². The van der Waals surface area contributed by atoms with Gasteiger partial charge < -0.3 is 10.6 Å². The minimum Gasteiger partial charge on any atom is -0.334 e. The maximum atomic E-state index is 12.3. The molecule has 4 heteroatoms. The summed E-state index contributed by atoms with van der Waals surface area (Å²) >= 11 is 0. The fraction of sp³-hybridized carbons (Fsp3) is 0.538. The van der Waals surface area contributed by atoms with Crippen molar-refractivity contribution in [1.82, 2.24) is 9.88 Å². The summed E-state index contributed by atoms with van der Waals surface area (Å²) in [4.78, 5) is 18.4.